The molecule has 2 aliphatic carbocycles. The first-order valence-corrected chi connectivity index (χ1v) is 24.9. The lowest BCUT2D eigenvalue weighted by Crippen LogP contribution is -2.20. The minimum absolute atomic E-state index is 0.0366. The Labute approximate surface area is 401 Å². The molecule has 0 aromatic heterocycles. The van der Waals surface area contributed by atoms with Gasteiger partial charge in [-0.3, -0.25) is 0 Å². The lowest BCUT2D eigenvalue weighted by atomic mass is 9.72. The molecular weight excluding hydrogens is 809 g/mol. The van der Waals surface area contributed by atoms with Gasteiger partial charge in [0.25, 0.3) is 0 Å². The van der Waals surface area contributed by atoms with Crippen molar-refractivity contribution in [1.29, 1.82) is 0 Å². The van der Waals surface area contributed by atoms with E-state index in [9.17, 15) is 0 Å². The van der Waals surface area contributed by atoms with Crippen LogP contribution in [-0.2, 0) is 4.74 Å². The zero-order valence-electron chi connectivity index (χ0n) is 40.0. The van der Waals surface area contributed by atoms with Crippen LogP contribution in [-0.4, -0.2) is 0 Å². The van der Waals surface area contributed by atoms with Crippen LogP contribution < -0.4 is 0 Å². The maximum Gasteiger partial charge on any atom is 0.127 e. The van der Waals surface area contributed by atoms with E-state index in [2.05, 4.69) is 246 Å². The third-order valence-corrected chi connectivity index (χ3v) is 13.1. The van der Waals surface area contributed by atoms with Crippen molar-refractivity contribution in [2.45, 2.75) is 79.1 Å². The molecule has 0 radical (unpaired) electrons. The van der Waals surface area contributed by atoms with Crippen LogP contribution in [0.5, 0.6) is 0 Å². The Morgan fingerprint density at radius 2 is 0.657 bits per heavy atom. The van der Waals surface area contributed by atoms with Crippen molar-refractivity contribution in [3.8, 4) is 0 Å². The van der Waals surface area contributed by atoms with Crippen LogP contribution in [0.2, 0.25) is 0 Å². The second-order valence-corrected chi connectivity index (χ2v) is 17.6. The summed E-state index contributed by atoms with van der Waals surface area (Å²) in [7, 11) is 0. The van der Waals surface area contributed by atoms with Gasteiger partial charge >= 0.3 is 0 Å². The fraction of sp³-hybridized carbons (Fsp3) is 0.212. The standard InChI is InChI=1S/C66H66O/c1-5-9-43-57-59(47-45-49(29-7-3)63(57)65(55-39-25-15-26-40-55)61(51-31-17-11-18-32-51)52-33-19-12-20-34-52)67-60-48-46-50(30-8-4)64(58(60)44-10-6-2)66(56-41-27-16-28-42-56)62(53-35-21-13-22-36-53)54-37-23-14-24-38-54/h11-42,45-48,63-64H,5-10,43-44H2,1-4H3. The molecule has 0 heterocycles. The lowest BCUT2D eigenvalue weighted by Gasteiger charge is -2.35. The Morgan fingerprint density at radius 3 is 0.925 bits per heavy atom. The van der Waals surface area contributed by atoms with Gasteiger partial charge in [0.15, 0.2) is 0 Å². The number of hydrogen-bond donors (Lipinski definition) is 0. The van der Waals surface area contributed by atoms with Gasteiger partial charge in [-0.25, -0.2) is 0 Å². The molecule has 336 valence electrons. The summed E-state index contributed by atoms with van der Waals surface area (Å²) in [5.41, 5.74) is 17.7. The Kier molecular flexibility index (Phi) is 16.3. The number of rotatable bonds is 18. The van der Waals surface area contributed by atoms with Gasteiger partial charge in [0.1, 0.15) is 11.5 Å². The van der Waals surface area contributed by atoms with Crippen LogP contribution >= 0.6 is 0 Å². The predicted octanol–water partition coefficient (Wildman–Crippen LogP) is 18.3. The number of benzene rings is 6. The molecule has 6 aromatic rings. The van der Waals surface area contributed by atoms with E-state index in [4.69, 9.17) is 4.74 Å². The average Bonchev–Trinajstić information content (AvgIpc) is 3.39. The Morgan fingerprint density at radius 1 is 0.373 bits per heavy atom. The van der Waals surface area contributed by atoms with Crippen LogP contribution in [0.25, 0.3) is 22.3 Å². The number of hydrogen-bond acceptors (Lipinski definition) is 1. The van der Waals surface area contributed by atoms with Gasteiger partial charge in [0.2, 0.25) is 0 Å². The van der Waals surface area contributed by atoms with Gasteiger partial charge < -0.3 is 4.74 Å². The lowest BCUT2D eigenvalue weighted by molar-refractivity contribution is 0.313. The molecule has 2 atom stereocenters. The summed E-state index contributed by atoms with van der Waals surface area (Å²) in [5.74, 6) is 1.86. The van der Waals surface area contributed by atoms with Crippen molar-refractivity contribution >= 4 is 22.3 Å². The summed E-state index contributed by atoms with van der Waals surface area (Å²) in [4.78, 5) is 0. The van der Waals surface area contributed by atoms with Crippen molar-refractivity contribution in [2.75, 3.05) is 0 Å². The van der Waals surface area contributed by atoms with E-state index in [1.165, 1.54) is 78.0 Å². The molecule has 0 saturated carbocycles. The molecule has 6 aromatic carbocycles. The molecule has 0 aliphatic heterocycles. The van der Waals surface area contributed by atoms with Crippen LogP contribution in [0.3, 0.4) is 0 Å². The fourth-order valence-corrected chi connectivity index (χ4v) is 10.1. The quantitative estimate of drug-likeness (QED) is 0.0782. The highest BCUT2D eigenvalue weighted by atomic mass is 16.5. The van der Waals surface area contributed by atoms with Gasteiger partial charge in [0, 0.05) is 11.8 Å². The summed E-state index contributed by atoms with van der Waals surface area (Å²) in [6.07, 6.45) is 22.1. The van der Waals surface area contributed by atoms with Crippen LogP contribution in [0.4, 0.5) is 0 Å². The topological polar surface area (TPSA) is 9.23 Å². The van der Waals surface area contributed by atoms with Crippen molar-refractivity contribution in [2.24, 2.45) is 11.8 Å². The predicted molar refractivity (Wildman–Crippen MR) is 287 cm³/mol. The Bertz CT molecular complexity index is 2520. The van der Waals surface area contributed by atoms with Gasteiger partial charge in [-0.1, -0.05) is 247 Å². The second-order valence-electron chi connectivity index (χ2n) is 17.6. The number of allylic oxidation sites excluding steroid dienone is 12. The van der Waals surface area contributed by atoms with Crippen molar-refractivity contribution < 1.29 is 4.74 Å². The molecule has 8 rings (SSSR count). The highest BCUT2D eigenvalue weighted by Crippen LogP contribution is 2.50. The summed E-state index contributed by atoms with van der Waals surface area (Å²) < 4.78 is 7.71. The second kappa shape index (κ2) is 23.5. The Balaban J connectivity index is 1.42. The molecule has 0 fully saturated rings. The molecule has 1 nitrogen and oxygen atoms in total. The SMILES string of the molecule is CCC=C1C=CC(OC2=C(CCCC)C(C(=C(c3ccccc3)c3ccccc3)c3ccccc3)C(=CCC)C=C2)=C(CCCC)C1C(=C(c1ccccc1)c1ccccc1)c1ccccc1. The summed E-state index contributed by atoms with van der Waals surface area (Å²) >= 11 is 0. The molecule has 0 N–H and O–H groups in total. The van der Waals surface area contributed by atoms with Crippen molar-refractivity contribution in [1.82, 2.24) is 0 Å². The van der Waals surface area contributed by atoms with Crippen molar-refractivity contribution in [3.05, 3.63) is 286 Å². The first-order chi connectivity index (χ1) is 33.1. The van der Waals surface area contributed by atoms with Gasteiger partial charge in [-0.15, -0.1) is 0 Å². The molecular formula is C66H66O. The zero-order chi connectivity index (χ0) is 46.2. The molecule has 2 aliphatic rings. The van der Waals surface area contributed by atoms with Gasteiger partial charge in [-0.05, 0) is 129 Å². The maximum atomic E-state index is 7.71. The molecule has 0 amide bonds. The molecule has 0 bridgehead atoms. The van der Waals surface area contributed by atoms with Gasteiger partial charge in [-0.2, -0.15) is 0 Å². The molecule has 67 heavy (non-hydrogen) atoms. The summed E-state index contributed by atoms with van der Waals surface area (Å²) in [6.45, 7) is 9.13. The first kappa shape index (κ1) is 46.6. The summed E-state index contributed by atoms with van der Waals surface area (Å²) in [5, 5.41) is 0. The monoisotopic (exact) mass is 875 g/mol. The minimum atomic E-state index is -0.0366. The molecule has 0 spiro atoms. The number of ether oxygens (including phenoxy) is 1. The Hall–Kier alpha value is -6.96. The smallest absolute Gasteiger partial charge is 0.127 e. The maximum absolute atomic E-state index is 7.71. The van der Waals surface area contributed by atoms with E-state index in [1.54, 1.807) is 0 Å². The molecule has 1 heteroatoms. The third kappa shape index (κ3) is 10.9. The molecule has 2 unspecified atom stereocenters. The van der Waals surface area contributed by atoms with Crippen LogP contribution in [0.1, 0.15) is 112 Å². The highest BCUT2D eigenvalue weighted by Gasteiger charge is 2.35. The number of unbranched alkanes of at least 4 members (excludes halogenated alkanes) is 2. The normalized spacial score (nSPS) is 17.0. The van der Waals surface area contributed by atoms with Crippen LogP contribution in [0, 0.1) is 11.8 Å². The van der Waals surface area contributed by atoms with Gasteiger partial charge in [0.05, 0.1) is 0 Å². The largest absolute Gasteiger partial charge is 0.457 e. The van der Waals surface area contributed by atoms with E-state index >= 15 is 0 Å². The first-order valence-electron chi connectivity index (χ1n) is 24.9. The van der Waals surface area contributed by atoms with Crippen LogP contribution in [0.15, 0.2) is 252 Å². The van der Waals surface area contributed by atoms with Crippen molar-refractivity contribution in [3.63, 3.8) is 0 Å². The van der Waals surface area contributed by atoms with E-state index < -0.39 is 0 Å². The zero-order valence-corrected chi connectivity index (χ0v) is 40.0. The summed E-state index contributed by atoms with van der Waals surface area (Å²) in [6, 6.07) is 66.3. The minimum Gasteiger partial charge on any atom is -0.457 e. The average molecular weight is 875 g/mol. The van der Waals surface area contributed by atoms with E-state index in [0.29, 0.717) is 0 Å². The van der Waals surface area contributed by atoms with E-state index in [1.807, 2.05) is 0 Å². The fourth-order valence-electron chi connectivity index (χ4n) is 10.1. The third-order valence-electron chi connectivity index (χ3n) is 13.1. The van der Waals surface area contributed by atoms with E-state index in [0.717, 1.165) is 62.9 Å². The highest BCUT2D eigenvalue weighted by molar-refractivity contribution is 6.02. The van der Waals surface area contributed by atoms with E-state index in [-0.39, 0.29) is 11.8 Å². The molecule has 0 saturated heterocycles.